The first-order chi connectivity index (χ1) is 10.2. The molecule has 1 saturated heterocycles. The van der Waals surface area contributed by atoms with Crippen LogP contribution in [0.15, 0.2) is 29.8 Å². The van der Waals surface area contributed by atoms with Gasteiger partial charge in [-0.2, -0.15) is 5.10 Å². The van der Waals surface area contributed by atoms with Gasteiger partial charge >= 0.3 is 0 Å². The van der Waals surface area contributed by atoms with Crippen molar-refractivity contribution in [1.82, 2.24) is 20.4 Å². The second-order valence-electron chi connectivity index (χ2n) is 5.39. The number of amides is 1. The van der Waals surface area contributed by atoms with Crippen molar-refractivity contribution in [2.45, 2.75) is 31.8 Å². The zero-order valence-electron chi connectivity index (χ0n) is 12.1. The quantitative estimate of drug-likeness (QED) is 0.911. The largest absolute Gasteiger partial charge is 0.343 e. The number of thiophene rings is 1. The maximum atomic E-state index is 12.2. The molecule has 0 radical (unpaired) electrons. The Morgan fingerprint density at radius 3 is 3.19 bits per heavy atom. The molecule has 5 nitrogen and oxygen atoms in total. The second kappa shape index (κ2) is 6.41. The van der Waals surface area contributed by atoms with Crippen LogP contribution in [0.3, 0.4) is 0 Å². The molecule has 1 amide bonds. The summed E-state index contributed by atoms with van der Waals surface area (Å²) in [6.07, 6.45) is 4.17. The Bertz CT molecular complexity index is 587. The molecule has 2 atom stereocenters. The molecule has 21 heavy (non-hydrogen) atoms. The highest BCUT2D eigenvalue weighted by atomic mass is 32.1. The van der Waals surface area contributed by atoms with Crippen LogP contribution in [0.5, 0.6) is 0 Å². The Hall–Kier alpha value is -1.66. The summed E-state index contributed by atoms with van der Waals surface area (Å²) >= 11 is 1.65. The van der Waals surface area contributed by atoms with Gasteiger partial charge in [0, 0.05) is 17.6 Å². The molecule has 0 aliphatic carbocycles. The lowest BCUT2D eigenvalue weighted by Gasteiger charge is -2.22. The van der Waals surface area contributed by atoms with Crippen LogP contribution in [0.1, 0.15) is 47.2 Å². The number of piperidine rings is 1. The molecular weight excluding hydrogens is 284 g/mol. The van der Waals surface area contributed by atoms with Crippen molar-refractivity contribution in [3.8, 4) is 0 Å². The van der Waals surface area contributed by atoms with Crippen LogP contribution >= 0.6 is 11.3 Å². The standard InChI is InChI=1S/C15H20N4OS/c1-11(14-5-3-9-21-14)17-15(20)13-6-8-19(18-13)12-4-2-7-16-10-12/h3,5-6,8-9,11-12,16H,2,4,7,10H2,1H3,(H,17,20)/t11-,12-/m0/s1. The first kappa shape index (κ1) is 14.3. The van der Waals surface area contributed by atoms with Crippen LogP contribution in [-0.2, 0) is 0 Å². The number of nitrogens with one attached hydrogen (secondary N) is 2. The fraction of sp³-hybridized carbons (Fsp3) is 0.467. The fourth-order valence-corrected chi connectivity index (χ4v) is 3.34. The van der Waals surface area contributed by atoms with Gasteiger partial charge in [-0.1, -0.05) is 6.07 Å². The van der Waals surface area contributed by atoms with Crippen LogP contribution < -0.4 is 10.6 Å². The summed E-state index contributed by atoms with van der Waals surface area (Å²) in [4.78, 5) is 13.4. The van der Waals surface area contributed by atoms with Gasteiger partial charge in [0.05, 0.1) is 12.1 Å². The van der Waals surface area contributed by atoms with E-state index >= 15 is 0 Å². The van der Waals surface area contributed by atoms with E-state index in [9.17, 15) is 4.79 Å². The minimum atomic E-state index is -0.113. The molecule has 112 valence electrons. The van der Waals surface area contributed by atoms with E-state index in [1.165, 1.54) is 0 Å². The van der Waals surface area contributed by atoms with Gasteiger partial charge in [-0.3, -0.25) is 9.48 Å². The van der Waals surface area contributed by atoms with Crippen molar-refractivity contribution in [1.29, 1.82) is 0 Å². The molecule has 6 heteroatoms. The maximum Gasteiger partial charge on any atom is 0.272 e. The molecular formula is C15H20N4OS. The number of hydrogen-bond donors (Lipinski definition) is 2. The molecule has 2 aromatic heterocycles. The Morgan fingerprint density at radius 2 is 2.48 bits per heavy atom. The number of aromatic nitrogens is 2. The van der Waals surface area contributed by atoms with Crippen LogP contribution in [0.2, 0.25) is 0 Å². The van der Waals surface area contributed by atoms with E-state index in [0.717, 1.165) is 30.8 Å². The van der Waals surface area contributed by atoms with Crippen LogP contribution in [0.4, 0.5) is 0 Å². The van der Waals surface area contributed by atoms with E-state index in [1.54, 1.807) is 17.4 Å². The summed E-state index contributed by atoms with van der Waals surface area (Å²) < 4.78 is 1.91. The van der Waals surface area contributed by atoms with Crippen molar-refractivity contribution in [2.75, 3.05) is 13.1 Å². The molecule has 2 aromatic rings. The first-order valence-corrected chi connectivity index (χ1v) is 8.22. The molecule has 1 aliphatic heterocycles. The minimum absolute atomic E-state index is 0.0130. The second-order valence-corrected chi connectivity index (χ2v) is 6.37. The zero-order chi connectivity index (χ0) is 14.7. The average Bonchev–Trinajstić information content (AvgIpc) is 3.20. The Morgan fingerprint density at radius 1 is 1.57 bits per heavy atom. The summed E-state index contributed by atoms with van der Waals surface area (Å²) in [6, 6.07) is 6.19. The highest BCUT2D eigenvalue weighted by Gasteiger charge is 2.19. The number of hydrogen-bond acceptors (Lipinski definition) is 4. The third-order valence-corrected chi connectivity index (χ3v) is 4.86. The summed E-state index contributed by atoms with van der Waals surface area (Å²) in [5.41, 5.74) is 0.490. The van der Waals surface area contributed by atoms with Crippen LogP contribution in [0, 0.1) is 0 Å². The molecule has 3 rings (SSSR count). The predicted octanol–water partition coefficient (Wildman–Crippen LogP) is 2.36. The van der Waals surface area contributed by atoms with E-state index in [1.807, 2.05) is 35.3 Å². The number of carbonyl (C=O) groups excluding carboxylic acids is 1. The number of nitrogens with zero attached hydrogens (tertiary/aromatic N) is 2. The lowest BCUT2D eigenvalue weighted by molar-refractivity contribution is 0.0934. The Kier molecular flexibility index (Phi) is 4.36. The normalized spacial score (nSPS) is 20.1. The van der Waals surface area contributed by atoms with Gasteiger partial charge in [0.25, 0.3) is 5.91 Å². The molecule has 0 spiro atoms. The summed E-state index contributed by atoms with van der Waals surface area (Å²) in [6.45, 7) is 3.99. The van der Waals surface area contributed by atoms with E-state index in [4.69, 9.17) is 0 Å². The molecule has 0 bridgehead atoms. The van der Waals surface area contributed by atoms with Gasteiger partial charge < -0.3 is 10.6 Å². The molecule has 0 saturated carbocycles. The van der Waals surface area contributed by atoms with Gasteiger partial charge in [0.15, 0.2) is 0 Å². The van der Waals surface area contributed by atoms with Crippen molar-refractivity contribution in [3.05, 3.63) is 40.3 Å². The monoisotopic (exact) mass is 304 g/mol. The average molecular weight is 304 g/mol. The highest BCUT2D eigenvalue weighted by molar-refractivity contribution is 7.10. The SMILES string of the molecule is C[C@H](NC(=O)c1ccn([C@H]2CCCNC2)n1)c1cccs1. The maximum absolute atomic E-state index is 12.2. The predicted molar refractivity (Wildman–Crippen MR) is 83.6 cm³/mol. The summed E-state index contributed by atoms with van der Waals surface area (Å²) in [5, 5.41) is 12.8. The molecule has 1 aliphatic rings. The van der Waals surface area contributed by atoms with Gasteiger partial charge in [-0.25, -0.2) is 0 Å². The van der Waals surface area contributed by atoms with Crippen molar-refractivity contribution in [3.63, 3.8) is 0 Å². The van der Waals surface area contributed by atoms with Crippen LogP contribution in [-0.4, -0.2) is 28.8 Å². The van der Waals surface area contributed by atoms with Gasteiger partial charge in [-0.15, -0.1) is 11.3 Å². The topological polar surface area (TPSA) is 59.0 Å². The number of carbonyl (C=O) groups is 1. The van der Waals surface area contributed by atoms with Crippen molar-refractivity contribution in [2.24, 2.45) is 0 Å². The molecule has 0 unspecified atom stereocenters. The Balaban J connectivity index is 1.63. The lowest BCUT2D eigenvalue weighted by atomic mass is 10.1. The van der Waals surface area contributed by atoms with Gasteiger partial charge in [-0.05, 0) is 43.8 Å². The Labute approximate surface area is 128 Å². The van der Waals surface area contributed by atoms with Crippen molar-refractivity contribution < 1.29 is 4.79 Å². The van der Waals surface area contributed by atoms with E-state index in [-0.39, 0.29) is 11.9 Å². The summed E-state index contributed by atoms with van der Waals surface area (Å²) in [7, 11) is 0. The van der Waals surface area contributed by atoms with Gasteiger partial charge in [0.2, 0.25) is 0 Å². The zero-order valence-corrected chi connectivity index (χ0v) is 12.9. The van der Waals surface area contributed by atoms with E-state index in [0.29, 0.717) is 11.7 Å². The first-order valence-electron chi connectivity index (χ1n) is 7.34. The summed E-state index contributed by atoms with van der Waals surface area (Å²) in [5.74, 6) is -0.113. The minimum Gasteiger partial charge on any atom is -0.343 e. The smallest absolute Gasteiger partial charge is 0.272 e. The molecule has 2 N–H and O–H groups in total. The number of rotatable bonds is 4. The highest BCUT2D eigenvalue weighted by Crippen LogP contribution is 2.19. The van der Waals surface area contributed by atoms with Crippen LogP contribution in [0.25, 0.3) is 0 Å². The molecule has 1 fully saturated rings. The third-order valence-electron chi connectivity index (χ3n) is 3.80. The third kappa shape index (κ3) is 3.33. The van der Waals surface area contributed by atoms with E-state index in [2.05, 4.69) is 15.7 Å². The fourth-order valence-electron chi connectivity index (χ4n) is 2.60. The molecule has 3 heterocycles. The lowest BCUT2D eigenvalue weighted by Crippen LogP contribution is -2.32. The van der Waals surface area contributed by atoms with Gasteiger partial charge in [0.1, 0.15) is 5.69 Å². The van der Waals surface area contributed by atoms with Crippen molar-refractivity contribution >= 4 is 17.2 Å². The molecule has 0 aromatic carbocycles. The van der Waals surface area contributed by atoms with E-state index < -0.39 is 0 Å².